The van der Waals surface area contributed by atoms with Gasteiger partial charge in [0.15, 0.2) is 11.5 Å². The molecule has 394 valence electrons. The van der Waals surface area contributed by atoms with Crippen LogP contribution in [0.15, 0.2) is 103 Å². The molecule has 5 aromatic rings. The Morgan fingerprint density at radius 2 is 0.770 bits per heavy atom. The van der Waals surface area contributed by atoms with Gasteiger partial charge in [0, 0.05) is 12.1 Å². The van der Waals surface area contributed by atoms with Gasteiger partial charge in [-0.05, 0) is 83.6 Å². The maximum atomic E-state index is 12.9. The Kier molecular flexibility index (Phi) is 26.2. The lowest BCUT2D eigenvalue weighted by Crippen LogP contribution is -2.09. The topological polar surface area (TPSA) is 170 Å². The van der Waals surface area contributed by atoms with Crippen LogP contribution < -0.4 is 9.47 Å². The van der Waals surface area contributed by atoms with E-state index >= 15 is 0 Å². The fourth-order valence-electron chi connectivity index (χ4n) is 8.33. The van der Waals surface area contributed by atoms with Gasteiger partial charge >= 0.3 is 23.3 Å². The number of nitrogens with zero attached hydrogens (tertiary/aromatic N) is 3. The number of benzene rings is 4. The molecule has 74 heavy (non-hydrogen) atoms. The molecule has 0 saturated carbocycles. The van der Waals surface area contributed by atoms with Crippen molar-refractivity contribution >= 4 is 47.6 Å². The van der Waals surface area contributed by atoms with E-state index in [0.29, 0.717) is 46.9 Å². The van der Waals surface area contributed by atoms with Crippen molar-refractivity contribution in [3.8, 4) is 11.5 Å². The lowest BCUT2D eigenvalue weighted by atomic mass is 10.1. The molecular formula is C61H75N3O10. The third-order valence-electron chi connectivity index (χ3n) is 12.7. The Bertz CT molecular complexity index is 2380. The summed E-state index contributed by atoms with van der Waals surface area (Å²) in [6.07, 6.45) is 31.2. The number of pyridine rings is 1. The van der Waals surface area contributed by atoms with E-state index in [-0.39, 0.29) is 36.1 Å². The number of esters is 2. The molecule has 0 unspecified atom stereocenters. The predicted molar refractivity (Wildman–Crippen MR) is 294 cm³/mol. The highest BCUT2D eigenvalue weighted by Crippen LogP contribution is 2.31. The molecule has 1 heterocycles. The maximum absolute atomic E-state index is 12.9. The van der Waals surface area contributed by atoms with E-state index in [0.717, 1.165) is 49.7 Å². The van der Waals surface area contributed by atoms with Crippen LogP contribution in [0.5, 0.6) is 11.5 Å². The molecule has 1 aromatic heterocycles. The van der Waals surface area contributed by atoms with Crippen LogP contribution in [-0.2, 0) is 22.7 Å². The summed E-state index contributed by atoms with van der Waals surface area (Å²) in [5.41, 5.74) is 4.33. The Hall–Kier alpha value is -7.15. The molecule has 0 spiro atoms. The zero-order valence-electron chi connectivity index (χ0n) is 43.5. The third-order valence-corrected chi connectivity index (χ3v) is 12.7. The molecule has 4 aromatic carbocycles. The highest BCUT2D eigenvalue weighted by Gasteiger charge is 2.17. The first-order chi connectivity index (χ1) is 36.1. The van der Waals surface area contributed by atoms with E-state index in [9.17, 15) is 29.8 Å². The minimum absolute atomic E-state index is 0.0802. The molecule has 0 saturated heterocycles. The van der Waals surface area contributed by atoms with Gasteiger partial charge < -0.3 is 18.9 Å². The summed E-state index contributed by atoms with van der Waals surface area (Å²) in [4.78, 5) is 53.2. The van der Waals surface area contributed by atoms with E-state index in [1.54, 1.807) is 103 Å². The monoisotopic (exact) mass is 1010 g/mol. The van der Waals surface area contributed by atoms with Crippen molar-refractivity contribution in [1.29, 1.82) is 0 Å². The number of rotatable bonds is 36. The molecule has 13 nitrogen and oxygen atoms in total. The van der Waals surface area contributed by atoms with Crippen molar-refractivity contribution in [3.63, 3.8) is 0 Å². The molecule has 0 N–H and O–H groups in total. The van der Waals surface area contributed by atoms with E-state index in [1.165, 1.54) is 102 Å². The van der Waals surface area contributed by atoms with Crippen molar-refractivity contribution in [3.05, 3.63) is 168 Å². The summed E-state index contributed by atoms with van der Waals surface area (Å²) in [7, 11) is 0. The van der Waals surface area contributed by atoms with Gasteiger partial charge in [-0.1, -0.05) is 196 Å². The van der Waals surface area contributed by atoms with Crippen molar-refractivity contribution in [2.24, 2.45) is 0 Å². The van der Waals surface area contributed by atoms with Crippen LogP contribution in [-0.4, -0.2) is 40.0 Å². The van der Waals surface area contributed by atoms with Gasteiger partial charge in [-0.15, -0.1) is 0 Å². The lowest BCUT2D eigenvalue weighted by Gasteiger charge is -2.08. The number of unbranched alkanes of at least 4 members (excludes halogenated alkanes) is 18. The second-order valence-electron chi connectivity index (χ2n) is 18.7. The molecule has 0 aliphatic heterocycles. The fourth-order valence-corrected chi connectivity index (χ4v) is 8.33. The van der Waals surface area contributed by atoms with Gasteiger partial charge in [0.2, 0.25) is 0 Å². The number of nitro benzene ring substituents is 2. The molecule has 0 radical (unpaired) electrons. The zero-order chi connectivity index (χ0) is 52.6. The number of hydrogen-bond donors (Lipinski definition) is 0. The summed E-state index contributed by atoms with van der Waals surface area (Å²) in [5, 5.41) is 23.7. The molecule has 0 fully saturated rings. The minimum atomic E-state index is -0.541. The number of carbonyl (C=O) groups excluding carboxylic acids is 2. The zero-order valence-corrected chi connectivity index (χ0v) is 43.5. The SMILES string of the molecule is CCCCCCCCCCCCOc1ccc(/C=C/c2ccc(C(=O)OCc3cccc(COC(=O)c4ccc(/C=C/c5ccc(OCCCCCCCCCCCC)c([N+](=O)[O-])c5)cc4)n3)cc2)cc1[N+](=O)[O-]. The largest absolute Gasteiger partial charge is 0.487 e. The van der Waals surface area contributed by atoms with Crippen molar-refractivity contribution in [2.75, 3.05) is 13.2 Å². The maximum Gasteiger partial charge on any atom is 0.338 e. The average Bonchev–Trinajstić information content (AvgIpc) is 3.42. The van der Waals surface area contributed by atoms with Gasteiger partial charge in [-0.2, -0.15) is 0 Å². The first-order valence-corrected chi connectivity index (χ1v) is 26.8. The van der Waals surface area contributed by atoms with Crippen LogP contribution in [0.4, 0.5) is 11.4 Å². The Morgan fingerprint density at radius 1 is 0.446 bits per heavy atom. The van der Waals surface area contributed by atoms with Gasteiger partial charge in [-0.25, -0.2) is 9.59 Å². The van der Waals surface area contributed by atoms with E-state index < -0.39 is 21.8 Å². The molecule has 0 aliphatic carbocycles. The molecule has 13 heteroatoms. The van der Waals surface area contributed by atoms with Crippen LogP contribution in [0.25, 0.3) is 24.3 Å². The van der Waals surface area contributed by atoms with Crippen LogP contribution in [0.1, 0.15) is 197 Å². The normalized spacial score (nSPS) is 11.3. The van der Waals surface area contributed by atoms with Gasteiger partial charge in [0.05, 0.1) is 45.6 Å². The van der Waals surface area contributed by atoms with Crippen LogP contribution in [0.3, 0.4) is 0 Å². The van der Waals surface area contributed by atoms with E-state index in [4.69, 9.17) is 18.9 Å². The molecule has 0 aliphatic rings. The summed E-state index contributed by atoms with van der Waals surface area (Å²) < 4.78 is 22.7. The first kappa shape index (κ1) is 57.7. The number of ether oxygens (including phenoxy) is 4. The predicted octanol–water partition coefficient (Wildman–Crippen LogP) is 16.6. The Labute approximate surface area is 437 Å². The lowest BCUT2D eigenvalue weighted by molar-refractivity contribution is -0.386. The second kappa shape index (κ2) is 33.6. The molecule has 5 rings (SSSR count). The first-order valence-electron chi connectivity index (χ1n) is 26.8. The summed E-state index contributed by atoms with van der Waals surface area (Å²) in [6.45, 7) is 5.14. The molecule has 0 atom stereocenters. The Balaban J connectivity index is 1.01. The molecule has 0 bridgehead atoms. The highest BCUT2D eigenvalue weighted by molar-refractivity contribution is 5.90. The summed E-state index contributed by atoms with van der Waals surface area (Å²) in [5.74, 6) is -0.558. The van der Waals surface area contributed by atoms with Gasteiger partial charge in [-0.3, -0.25) is 25.2 Å². The standard InChI is InChI=1S/C61H75N3O10/c1-3-5-7-9-11-13-15-17-19-21-42-71-58-40-34-50(44-56(58)63(67)68)28-26-48-30-36-52(37-31-48)60(65)73-46-54-24-23-25-55(62-54)47-74-61(66)53-38-32-49(33-39-53)27-29-51-35-41-59(57(45-51)64(69)70)72-43-22-20-18-16-14-12-10-8-6-4-2/h23-41,44-45H,3-22,42-43,46-47H2,1-2H3/b28-26+,29-27+. The van der Waals surface area contributed by atoms with Crippen LogP contribution >= 0.6 is 0 Å². The smallest absolute Gasteiger partial charge is 0.338 e. The fraction of sp³-hybridized carbons (Fsp3) is 0.426. The average molecular weight is 1010 g/mol. The molecular weight excluding hydrogens is 935 g/mol. The number of aromatic nitrogens is 1. The second-order valence-corrected chi connectivity index (χ2v) is 18.7. The van der Waals surface area contributed by atoms with Crippen molar-refractivity contribution in [1.82, 2.24) is 4.98 Å². The number of carbonyl (C=O) groups is 2. The number of nitro groups is 2. The number of hydrogen-bond acceptors (Lipinski definition) is 11. The van der Waals surface area contributed by atoms with Crippen LogP contribution in [0.2, 0.25) is 0 Å². The highest BCUT2D eigenvalue weighted by atomic mass is 16.6. The van der Waals surface area contributed by atoms with Crippen LogP contribution in [0, 0.1) is 20.2 Å². The minimum Gasteiger partial charge on any atom is -0.487 e. The summed E-state index contributed by atoms with van der Waals surface area (Å²) >= 11 is 0. The summed E-state index contributed by atoms with van der Waals surface area (Å²) in [6, 6.07) is 28.6. The molecule has 0 amide bonds. The van der Waals surface area contributed by atoms with E-state index in [1.807, 2.05) is 12.2 Å². The Morgan fingerprint density at radius 3 is 1.12 bits per heavy atom. The third kappa shape index (κ3) is 21.5. The van der Waals surface area contributed by atoms with Gasteiger partial charge in [0.1, 0.15) is 13.2 Å². The van der Waals surface area contributed by atoms with Gasteiger partial charge in [0.25, 0.3) is 0 Å². The van der Waals surface area contributed by atoms with E-state index in [2.05, 4.69) is 18.8 Å². The van der Waals surface area contributed by atoms with Crippen molar-refractivity contribution in [2.45, 2.75) is 155 Å². The quantitative estimate of drug-likeness (QED) is 0.0123. The van der Waals surface area contributed by atoms with Crippen molar-refractivity contribution < 1.29 is 38.4 Å².